The first-order valence-electron chi connectivity index (χ1n) is 5.89. The third-order valence-corrected chi connectivity index (χ3v) is 2.98. The lowest BCUT2D eigenvalue weighted by Crippen LogP contribution is -2.15. The van der Waals surface area contributed by atoms with Crippen LogP contribution in [0, 0.1) is 0 Å². The number of nitrogens with zero attached hydrogens (tertiary/aromatic N) is 3. The van der Waals surface area contributed by atoms with Crippen LogP contribution in [0.25, 0.3) is 0 Å². The van der Waals surface area contributed by atoms with E-state index < -0.39 is 0 Å². The van der Waals surface area contributed by atoms with Crippen LogP contribution in [0.4, 0.5) is 0 Å². The summed E-state index contributed by atoms with van der Waals surface area (Å²) < 4.78 is 12.3. The smallest absolute Gasteiger partial charge is 0.231 e. The van der Waals surface area contributed by atoms with Gasteiger partial charge in [-0.3, -0.25) is 0 Å². The number of fused-ring (bicyclic) bond motifs is 1. The average Bonchev–Trinajstić information content (AvgIpc) is 2.99. The number of nitrogens with one attached hydrogen (secondary N) is 1. The van der Waals surface area contributed by atoms with E-state index in [1.807, 2.05) is 11.6 Å². The monoisotopic (exact) mass is 262 g/mol. The summed E-state index contributed by atoms with van der Waals surface area (Å²) in [5.41, 5.74) is 0.756. The molecule has 1 aromatic carbocycles. The molecule has 3 rings (SSSR count). The fourth-order valence-corrected chi connectivity index (χ4v) is 1.89. The molecule has 0 saturated heterocycles. The van der Waals surface area contributed by atoms with Crippen LogP contribution in [-0.2, 0) is 20.1 Å². The minimum Gasteiger partial charge on any atom is -0.507 e. The Morgan fingerprint density at radius 1 is 1.32 bits per heavy atom. The first-order valence-corrected chi connectivity index (χ1v) is 5.89. The number of aromatic hydroxyl groups is 1. The molecule has 2 N–H and O–H groups in total. The summed E-state index contributed by atoms with van der Waals surface area (Å²) in [5.74, 6) is 2.26. The van der Waals surface area contributed by atoms with Gasteiger partial charge < -0.3 is 24.5 Å². The Bertz CT molecular complexity index is 597. The summed E-state index contributed by atoms with van der Waals surface area (Å²) in [6.07, 6.45) is 1.65. The molecule has 2 heterocycles. The number of phenolic OH excluding ortho intramolecular Hbond substituents is 1. The Hall–Kier alpha value is -2.28. The van der Waals surface area contributed by atoms with E-state index in [1.165, 1.54) is 0 Å². The van der Waals surface area contributed by atoms with Crippen LogP contribution in [0.15, 0.2) is 18.5 Å². The van der Waals surface area contributed by atoms with Gasteiger partial charge in [0.15, 0.2) is 11.5 Å². The minimum atomic E-state index is 0.190. The average molecular weight is 262 g/mol. The van der Waals surface area contributed by atoms with E-state index in [9.17, 15) is 5.11 Å². The van der Waals surface area contributed by atoms with Gasteiger partial charge in [0.1, 0.15) is 17.9 Å². The minimum absolute atomic E-state index is 0.190. The number of ether oxygens (including phenoxy) is 2. The molecular formula is C12H14N4O3. The molecule has 0 fully saturated rings. The molecule has 0 bridgehead atoms. The topological polar surface area (TPSA) is 81.4 Å². The van der Waals surface area contributed by atoms with E-state index in [0.717, 1.165) is 11.4 Å². The van der Waals surface area contributed by atoms with Crippen molar-refractivity contribution in [3.8, 4) is 17.2 Å². The van der Waals surface area contributed by atoms with Crippen molar-refractivity contribution in [3.63, 3.8) is 0 Å². The van der Waals surface area contributed by atoms with E-state index in [-0.39, 0.29) is 12.5 Å². The van der Waals surface area contributed by atoms with Gasteiger partial charge in [-0.15, -0.1) is 10.2 Å². The first kappa shape index (κ1) is 11.8. The van der Waals surface area contributed by atoms with Crippen molar-refractivity contribution in [1.29, 1.82) is 0 Å². The van der Waals surface area contributed by atoms with Crippen LogP contribution in [0.3, 0.4) is 0 Å². The van der Waals surface area contributed by atoms with E-state index in [2.05, 4.69) is 15.5 Å². The van der Waals surface area contributed by atoms with E-state index in [1.54, 1.807) is 18.5 Å². The van der Waals surface area contributed by atoms with Crippen molar-refractivity contribution < 1.29 is 14.6 Å². The summed E-state index contributed by atoms with van der Waals surface area (Å²) in [6, 6.07) is 3.35. The summed E-state index contributed by atoms with van der Waals surface area (Å²) in [5, 5.41) is 20.8. The van der Waals surface area contributed by atoms with Gasteiger partial charge in [-0.2, -0.15) is 0 Å². The number of benzene rings is 1. The molecular weight excluding hydrogens is 248 g/mol. The molecule has 0 radical (unpaired) electrons. The molecule has 1 aliphatic rings. The van der Waals surface area contributed by atoms with E-state index >= 15 is 0 Å². The van der Waals surface area contributed by atoms with Gasteiger partial charge in [0, 0.05) is 25.2 Å². The van der Waals surface area contributed by atoms with Crippen LogP contribution in [0.5, 0.6) is 17.2 Å². The van der Waals surface area contributed by atoms with Crippen molar-refractivity contribution in [2.45, 2.75) is 13.1 Å². The number of aromatic nitrogens is 3. The highest BCUT2D eigenvalue weighted by Crippen LogP contribution is 2.37. The Morgan fingerprint density at radius 3 is 2.84 bits per heavy atom. The maximum absolute atomic E-state index is 9.88. The normalized spacial score (nSPS) is 12.9. The predicted octanol–water partition coefficient (Wildman–Crippen LogP) is 0.539. The van der Waals surface area contributed by atoms with Crippen LogP contribution in [-0.4, -0.2) is 26.7 Å². The maximum atomic E-state index is 9.88. The zero-order chi connectivity index (χ0) is 13.2. The lowest BCUT2D eigenvalue weighted by molar-refractivity contribution is 0.174. The standard InChI is InChI=1S/C12H14N4O3/c1-16-6-14-15-12(16)5-13-4-8-2-10-11(3-9(8)17)19-7-18-10/h2-3,6,13,17H,4-5,7H2,1H3. The highest BCUT2D eigenvalue weighted by molar-refractivity contribution is 5.51. The number of hydrogen-bond donors (Lipinski definition) is 2. The van der Waals surface area contributed by atoms with Crippen molar-refractivity contribution in [2.75, 3.05) is 6.79 Å². The van der Waals surface area contributed by atoms with Gasteiger partial charge in [-0.1, -0.05) is 0 Å². The van der Waals surface area contributed by atoms with E-state index in [4.69, 9.17) is 9.47 Å². The molecule has 7 nitrogen and oxygen atoms in total. The van der Waals surface area contributed by atoms with Gasteiger partial charge in [0.2, 0.25) is 6.79 Å². The van der Waals surface area contributed by atoms with Gasteiger partial charge in [0.05, 0.1) is 6.54 Å². The molecule has 7 heteroatoms. The second-order valence-electron chi connectivity index (χ2n) is 4.30. The molecule has 2 aromatic rings. The van der Waals surface area contributed by atoms with Crippen LogP contribution in [0.2, 0.25) is 0 Å². The number of aryl methyl sites for hydroxylation is 1. The molecule has 0 spiro atoms. The molecule has 0 saturated carbocycles. The third kappa shape index (κ3) is 2.32. The van der Waals surface area contributed by atoms with Crippen molar-refractivity contribution in [3.05, 3.63) is 29.8 Å². The van der Waals surface area contributed by atoms with Gasteiger partial charge in [-0.25, -0.2) is 0 Å². The Morgan fingerprint density at radius 2 is 2.11 bits per heavy atom. The second kappa shape index (κ2) is 4.77. The fraction of sp³-hybridized carbons (Fsp3) is 0.333. The van der Waals surface area contributed by atoms with Gasteiger partial charge >= 0.3 is 0 Å². The van der Waals surface area contributed by atoms with Crippen LogP contribution >= 0.6 is 0 Å². The summed E-state index contributed by atoms with van der Waals surface area (Å²) in [6.45, 7) is 1.28. The van der Waals surface area contributed by atoms with E-state index in [0.29, 0.717) is 24.6 Å². The molecule has 1 aliphatic heterocycles. The zero-order valence-corrected chi connectivity index (χ0v) is 10.5. The summed E-state index contributed by atoms with van der Waals surface area (Å²) in [4.78, 5) is 0. The second-order valence-corrected chi connectivity index (χ2v) is 4.30. The molecule has 100 valence electrons. The van der Waals surface area contributed by atoms with Crippen molar-refractivity contribution >= 4 is 0 Å². The van der Waals surface area contributed by atoms with Gasteiger partial charge in [0.25, 0.3) is 0 Å². The maximum Gasteiger partial charge on any atom is 0.231 e. The molecule has 0 atom stereocenters. The molecule has 0 aliphatic carbocycles. The van der Waals surface area contributed by atoms with Crippen molar-refractivity contribution in [1.82, 2.24) is 20.1 Å². The fourth-order valence-electron chi connectivity index (χ4n) is 1.89. The third-order valence-electron chi connectivity index (χ3n) is 2.98. The molecule has 0 unspecified atom stereocenters. The highest BCUT2D eigenvalue weighted by atomic mass is 16.7. The number of hydrogen-bond acceptors (Lipinski definition) is 6. The quantitative estimate of drug-likeness (QED) is 0.837. The van der Waals surface area contributed by atoms with Crippen molar-refractivity contribution in [2.24, 2.45) is 7.05 Å². The zero-order valence-electron chi connectivity index (χ0n) is 10.5. The van der Waals surface area contributed by atoms with Crippen LogP contribution < -0.4 is 14.8 Å². The highest BCUT2D eigenvalue weighted by Gasteiger charge is 2.16. The number of rotatable bonds is 4. The SMILES string of the molecule is Cn1cnnc1CNCc1cc2c(cc1O)OCO2. The first-order chi connectivity index (χ1) is 9.24. The molecule has 19 heavy (non-hydrogen) atoms. The Kier molecular flexibility index (Phi) is 2.96. The predicted molar refractivity (Wildman–Crippen MR) is 65.8 cm³/mol. The van der Waals surface area contributed by atoms with Gasteiger partial charge in [-0.05, 0) is 6.07 Å². The molecule has 1 aromatic heterocycles. The summed E-state index contributed by atoms with van der Waals surface area (Å²) >= 11 is 0. The summed E-state index contributed by atoms with van der Waals surface area (Å²) in [7, 11) is 1.88. The molecule has 0 amide bonds. The largest absolute Gasteiger partial charge is 0.507 e. The van der Waals surface area contributed by atoms with Crippen LogP contribution in [0.1, 0.15) is 11.4 Å². The lowest BCUT2D eigenvalue weighted by Gasteiger charge is -2.07. The Labute approximate surface area is 109 Å². The lowest BCUT2D eigenvalue weighted by atomic mass is 10.1. The number of phenols is 1. The Balaban J connectivity index is 1.66.